The molecule has 0 bridgehead atoms. The van der Waals surface area contributed by atoms with Gasteiger partial charge in [-0.05, 0) is 61.2 Å². The molecule has 3 rings (SSSR count). The molecular weight excluding hydrogens is 452 g/mol. The van der Waals surface area contributed by atoms with Crippen LogP contribution in [0, 0.1) is 6.92 Å². The predicted octanol–water partition coefficient (Wildman–Crippen LogP) is 4.88. The van der Waals surface area contributed by atoms with Gasteiger partial charge in [-0.2, -0.15) is 0 Å². The Kier molecular flexibility index (Phi) is 7.64. The fraction of sp³-hybridized carbons (Fsp3) is 0.174. The average molecular weight is 475 g/mol. The van der Waals surface area contributed by atoms with Crippen LogP contribution in [0.2, 0.25) is 5.02 Å². The number of nitrogens with one attached hydrogen (secondary N) is 1. The zero-order chi connectivity index (χ0) is 22.4. The van der Waals surface area contributed by atoms with Crippen molar-refractivity contribution in [3.8, 4) is 0 Å². The number of nitrogens with zero attached hydrogens (tertiary/aromatic N) is 1. The van der Waals surface area contributed by atoms with Crippen molar-refractivity contribution in [2.45, 2.75) is 23.3 Å². The van der Waals surface area contributed by atoms with Crippen molar-refractivity contribution in [1.82, 2.24) is 5.32 Å². The summed E-state index contributed by atoms with van der Waals surface area (Å²) in [4.78, 5) is 13.8. The lowest BCUT2D eigenvalue weighted by atomic mass is 10.2. The van der Waals surface area contributed by atoms with Crippen LogP contribution in [0.1, 0.15) is 11.1 Å². The topological polar surface area (TPSA) is 66.5 Å². The Bertz CT molecular complexity index is 1150. The van der Waals surface area contributed by atoms with Crippen molar-refractivity contribution in [3.63, 3.8) is 0 Å². The second-order valence-corrected chi connectivity index (χ2v) is 10.0. The fourth-order valence-electron chi connectivity index (χ4n) is 2.92. The van der Waals surface area contributed by atoms with E-state index >= 15 is 0 Å². The van der Waals surface area contributed by atoms with Crippen LogP contribution in [0.25, 0.3) is 0 Å². The Morgan fingerprint density at radius 3 is 2.26 bits per heavy atom. The highest BCUT2D eigenvalue weighted by Gasteiger charge is 2.27. The van der Waals surface area contributed by atoms with Gasteiger partial charge in [0.05, 0.1) is 10.6 Å². The van der Waals surface area contributed by atoms with Crippen molar-refractivity contribution in [1.29, 1.82) is 0 Å². The molecule has 0 saturated heterocycles. The lowest BCUT2D eigenvalue weighted by Gasteiger charge is -2.24. The molecule has 0 unspecified atom stereocenters. The minimum Gasteiger partial charge on any atom is -0.350 e. The average Bonchev–Trinajstić information content (AvgIpc) is 2.77. The van der Waals surface area contributed by atoms with Crippen LogP contribution in [0.4, 0.5) is 5.69 Å². The number of halogens is 1. The Morgan fingerprint density at radius 1 is 1.00 bits per heavy atom. The van der Waals surface area contributed by atoms with E-state index in [0.29, 0.717) is 10.7 Å². The van der Waals surface area contributed by atoms with Gasteiger partial charge in [-0.25, -0.2) is 8.42 Å². The summed E-state index contributed by atoms with van der Waals surface area (Å²) in [5.41, 5.74) is 2.18. The zero-order valence-corrected chi connectivity index (χ0v) is 19.6. The summed E-state index contributed by atoms with van der Waals surface area (Å²) in [5.74, 6) is -0.426. The van der Waals surface area contributed by atoms with Gasteiger partial charge in [-0.1, -0.05) is 47.5 Å². The summed E-state index contributed by atoms with van der Waals surface area (Å²) in [6.07, 6.45) is 1.92. The Hall–Kier alpha value is -2.48. The van der Waals surface area contributed by atoms with Gasteiger partial charge in [0.25, 0.3) is 10.0 Å². The van der Waals surface area contributed by atoms with E-state index in [1.54, 1.807) is 42.5 Å². The van der Waals surface area contributed by atoms with Crippen molar-refractivity contribution >= 4 is 45.0 Å². The van der Waals surface area contributed by atoms with Crippen molar-refractivity contribution in [2.75, 3.05) is 17.1 Å². The molecule has 0 aromatic heterocycles. The maximum Gasteiger partial charge on any atom is 0.264 e. The molecule has 31 heavy (non-hydrogen) atoms. The third kappa shape index (κ3) is 5.81. The van der Waals surface area contributed by atoms with Crippen LogP contribution in [-0.4, -0.2) is 27.1 Å². The molecule has 162 valence electrons. The summed E-state index contributed by atoms with van der Waals surface area (Å²) in [6.45, 7) is 1.78. The zero-order valence-electron chi connectivity index (χ0n) is 17.2. The molecule has 0 spiro atoms. The number of rotatable bonds is 8. The van der Waals surface area contributed by atoms with Crippen LogP contribution in [0.5, 0.6) is 0 Å². The summed E-state index contributed by atoms with van der Waals surface area (Å²) in [6, 6.07) is 20.8. The number of thioether (sulfide) groups is 1. The fourth-order valence-corrected chi connectivity index (χ4v) is 4.95. The van der Waals surface area contributed by atoms with Crippen LogP contribution in [0.3, 0.4) is 0 Å². The van der Waals surface area contributed by atoms with Gasteiger partial charge < -0.3 is 5.32 Å². The number of carbonyl (C=O) groups excluding carboxylic acids is 1. The molecule has 1 amide bonds. The standard InChI is InChI=1S/C23H23ClN2O3S2/c1-17-7-9-19(10-8-17)26(31(28,29)21-13-11-20(30-2)12-14-21)16-23(27)25-15-18-5-3-4-6-22(18)24/h3-14H,15-16H2,1-2H3,(H,25,27). The highest BCUT2D eigenvalue weighted by molar-refractivity contribution is 7.98. The molecule has 0 fully saturated rings. The molecule has 3 aromatic rings. The number of carbonyl (C=O) groups is 1. The minimum atomic E-state index is -3.94. The van der Waals surface area contributed by atoms with Crippen molar-refractivity contribution < 1.29 is 13.2 Å². The summed E-state index contributed by atoms with van der Waals surface area (Å²) < 4.78 is 27.9. The minimum absolute atomic E-state index is 0.129. The monoisotopic (exact) mass is 474 g/mol. The first-order valence-electron chi connectivity index (χ1n) is 9.55. The largest absolute Gasteiger partial charge is 0.350 e. The lowest BCUT2D eigenvalue weighted by Crippen LogP contribution is -2.40. The highest BCUT2D eigenvalue weighted by Crippen LogP contribution is 2.26. The quantitative estimate of drug-likeness (QED) is 0.472. The van der Waals surface area contributed by atoms with E-state index in [1.807, 2.05) is 43.5 Å². The summed E-state index contributed by atoms with van der Waals surface area (Å²) >= 11 is 7.67. The molecule has 0 saturated carbocycles. The second kappa shape index (κ2) is 10.2. The highest BCUT2D eigenvalue weighted by atomic mass is 35.5. The van der Waals surface area contributed by atoms with Crippen molar-refractivity contribution in [3.05, 3.63) is 88.9 Å². The van der Waals surface area contributed by atoms with E-state index in [1.165, 1.54) is 11.8 Å². The SMILES string of the molecule is CSc1ccc(S(=O)(=O)N(CC(=O)NCc2ccccc2Cl)c2ccc(C)cc2)cc1. The van der Waals surface area contributed by atoms with E-state index in [4.69, 9.17) is 11.6 Å². The van der Waals surface area contributed by atoms with Gasteiger partial charge in [-0.15, -0.1) is 11.8 Å². The molecule has 0 aliphatic rings. The first-order chi connectivity index (χ1) is 14.8. The second-order valence-electron chi connectivity index (χ2n) is 6.89. The van der Waals surface area contributed by atoms with Gasteiger partial charge in [0.1, 0.15) is 6.54 Å². The van der Waals surface area contributed by atoms with Crippen molar-refractivity contribution in [2.24, 2.45) is 0 Å². The third-order valence-electron chi connectivity index (χ3n) is 4.69. The number of anilines is 1. The van der Waals surface area contributed by atoms with Crippen LogP contribution < -0.4 is 9.62 Å². The van der Waals surface area contributed by atoms with Gasteiger partial charge in [0.2, 0.25) is 5.91 Å². The number of aryl methyl sites for hydroxylation is 1. The predicted molar refractivity (Wildman–Crippen MR) is 127 cm³/mol. The smallest absolute Gasteiger partial charge is 0.264 e. The molecule has 0 aliphatic carbocycles. The van der Waals surface area contributed by atoms with Gasteiger partial charge in [0, 0.05) is 16.5 Å². The molecule has 0 heterocycles. The number of hydrogen-bond donors (Lipinski definition) is 1. The molecule has 5 nitrogen and oxygen atoms in total. The molecule has 0 radical (unpaired) electrons. The van der Waals surface area contributed by atoms with E-state index in [2.05, 4.69) is 5.32 Å². The molecule has 3 aromatic carbocycles. The lowest BCUT2D eigenvalue weighted by molar-refractivity contribution is -0.119. The molecule has 0 aliphatic heterocycles. The molecule has 1 N–H and O–H groups in total. The number of benzene rings is 3. The first-order valence-corrected chi connectivity index (χ1v) is 12.6. The maximum atomic E-state index is 13.4. The molecular formula is C23H23ClN2O3S2. The molecule has 0 atom stereocenters. The van der Waals surface area contributed by atoms with Crippen LogP contribution in [-0.2, 0) is 21.4 Å². The molecule has 8 heteroatoms. The van der Waals surface area contributed by atoms with Gasteiger partial charge in [-0.3, -0.25) is 9.10 Å². The van der Waals surface area contributed by atoms with E-state index in [9.17, 15) is 13.2 Å². The number of sulfonamides is 1. The van der Waals surface area contributed by atoms with Crippen LogP contribution >= 0.6 is 23.4 Å². The Labute approximate surface area is 192 Å². The van der Waals surface area contributed by atoms with E-state index in [-0.39, 0.29) is 18.0 Å². The van der Waals surface area contributed by atoms with E-state index in [0.717, 1.165) is 20.3 Å². The Balaban J connectivity index is 1.86. The number of hydrogen-bond acceptors (Lipinski definition) is 4. The Morgan fingerprint density at radius 2 is 1.65 bits per heavy atom. The normalized spacial score (nSPS) is 11.2. The van der Waals surface area contributed by atoms with Gasteiger partial charge in [0.15, 0.2) is 0 Å². The van der Waals surface area contributed by atoms with Gasteiger partial charge >= 0.3 is 0 Å². The third-order valence-corrected chi connectivity index (χ3v) is 7.59. The number of amides is 1. The van der Waals surface area contributed by atoms with Crippen LogP contribution in [0.15, 0.2) is 82.6 Å². The summed E-state index contributed by atoms with van der Waals surface area (Å²) in [5, 5.41) is 3.30. The first kappa shape index (κ1) is 23.2. The summed E-state index contributed by atoms with van der Waals surface area (Å²) in [7, 11) is -3.94. The van der Waals surface area contributed by atoms with E-state index < -0.39 is 15.9 Å². The maximum absolute atomic E-state index is 13.4.